The van der Waals surface area contributed by atoms with Crippen molar-refractivity contribution in [3.8, 4) is 0 Å². The molecule has 218 valence electrons. The Morgan fingerprint density at radius 1 is 0.951 bits per heavy atom. The first-order valence-corrected chi connectivity index (χ1v) is 16.3. The van der Waals surface area contributed by atoms with E-state index >= 15 is 0 Å². The molecule has 2 amide bonds. The molecule has 7 nitrogen and oxygen atoms in total. The number of halogens is 1. The molecule has 3 aromatic rings. The summed E-state index contributed by atoms with van der Waals surface area (Å²) < 4.78 is 30.0. The van der Waals surface area contributed by atoms with E-state index in [0.717, 1.165) is 46.8 Å². The van der Waals surface area contributed by atoms with E-state index in [4.69, 9.17) is 0 Å². The summed E-state index contributed by atoms with van der Waals surface area (Å²) >= 11 is 3.49. The predicted octanol–water partition coefficient (Wildman–Crippen LogP) is 6.13. The van der Waals surface area contributed by atoms with E-state index in [1.165, 1.54) is 27.8 Å². The number of nitrogens with one attached hydrogen (secondary N) is 1. The van der Waals surface area contributed by atoms with Crippen molar-refractivity contribution < 1.29 is 18.0 Å². The van der Waals surface area contributed by atoms with Gasteiger partial charge >= 0.3 is 0 Å². The van der Waals surface area contributed by atoms with Crippen LogP contribution in [0.25, 0.3) is 0 Å². The largest absolute Gasteiger partial charge is 0.352 e. The lowest BCUT2D eigenvalue weighted by Crippen LogP contribution is -2.53. The predicted molar refractivity (Wildman–Crippen MR) is 166 cm³/mol. The molecule has 0 radical (unpaired) electrons. The van der Waals surface area contributed by atoms with Crippen LogP contribution in [-0.2, 0) is 26.2 Å². The van der Waals surface area contributed by atoms with Crippen LogP contribution in [0, 0.1) is 13.8 Å². The molecule has 1 aliphatic rings. The van der Waals surface area contributed by atoms with Crippen LogP contribution in [0.3, 0.4) is 0 Å². The second-order valence-corrected chi connectivity index (χ2v) is 13.6. The van der Waals surface area contributed by atoms with E-state index in [2.05, 4.69) is 21.2 Å². The third-order valence-electron chi connectivity index (χ3n) is 7.59. The highest BCUT2D eigenvalue weighted by molar-refractivity contribution is 9.10. The topological polar surface area (TPSA) is 86.8 Å². The molecule has 0 unspecified atom stereocenters. The normalized spacial score (nSPS) is 14.7. The average molecular weight is 641 g/mol. The summed E-state index contributed by atoms with van der Waals surface area (Å²) in [6.07, 6.45) is 5.16. The van der Waals surface area contributed by atoms with Gasteiger partial charge in [-0.15, -0.1) is 0 Å². The van der Waals surface area contributed by atoms with Crippen molar-refractivity contribution in [1.82, 2.24) is 10.2 Å². The van der Waals surface area contributed by atoms with Crippen LogP contribution in [0.1, 0.15) is 55.7 Å². The summed E-state index contributed by atoms with van der Waals surface area (Å²) in [5, 5.41) is 3.13. The number of rotatable bonds is 10. The van der Waals surface area contributed by atoms with Crippen molar-refractivity contribution >= 4 is 43.5 Å². The van der Waals surface area contributed by atoms with E-state index in [1.54, 1.807) is 31.2 Å². The van der Waals surface area contributed by atoms with Crippen molar-refractivity contribution in [3.63, 3.8) is 0 Å². The van der Waals surface area contributed by atoms with Crippen molar-refractivity contribution in [3.05, 3.63) is 94.0 Å². The molecule has 1 saturated carbocycles. The van der Waals surface area contributed by atoms with Crippen molar-refractivity contribution in [2.45, 2.75) is 76.4 Å². The number of nitrogens with zero attached hydrogens (tertiary/aromatic N) is 2. The van der Waals surface area contributed by atoms with Gasteiger partial charge in [-0.25, -0.2) is 8.42 Å². The number of anilines is 1. The Labute approximate surface area is 252 Å². The molecule has 1 fully saturated rings. The summed E-state index contributed by atoms with van der Waals surface area (Å²) in [4.78, 5) is 29.1. The molecular weight excluding hydrogens is 602 g/mol. The van der Waals surface area contributed by atoms with Gasteiger partial charge in [-0.1, -0.05) is 83.2 Å². The van der Waals surface area contributed by atoms with Crippen LogP contribution < -0.4 is 9.62 Å². The SMILES string of the molecule is Cc1ccc(N(CC(=O)N(Cc2cccc(Br)c2)[C@H](C)C(=O)NC2CCCCC2)S(=O)(=O)c2ccccc2)c(C)c1. The second kappa shape index (κ2) is 13.7. The molecular formula is C32H38BrN3O4S. The molecule has 1 atom stereocenters. The molecule has 0 heterocycles. The van der Waals surface area contributed by atoms with Crippen molar-refractivity contribution in [1.29, 1.82) is 0 Å². The lowest BCUT2D eigenvalue weighted by atomic mass is 9.95. The highest BCUT2D eigenvalue weighted by atomic mass is 79.9. The summed E-state index contributed by atoms with van der Waals surface area (Å²) in [5.41, 5.74) is 2.97. The first-order valence-electron chi connectivity index (χ1n) is 14.1. The van der Waals surface area contributed by atoms with E-state index in [1.807, 2.05) is 50.2 Å². The lowest BCUT2D eigenvalue weighted by Gasteiger charge is -2.33. The Bertz CT molecular complexity index is 1470. The molecule has 0 aliphatic heterocycles. The molecule has 0 aromatic heterocycles. The van der Waals surface area contributed by atoms with Gasteiger partial charge in [0.1, 0.15) is 12.6 Å². The first-order chi connectivity index (χ1) is 19.6. The third kappa shape index (κ3) is 7.77. The van der Waals surface area contributed by atoms with Gasteiger partial charge in [-0.2, -0.15) is 0 Å². The number of hydrogen-bond donors (Lipinski definition) is 1. The van der Waals surface area contributed by atoms with Gasteiger partial charge in [0.25, 0.3) is 10.0 Å². The number of hydrogen-bond acceptors (Lipinski definition) is 4. The fraction of sp³-hybridized carbons (Fsp3) is 0.375. The molecule has 9 heteroatoms. The summed E-state index contributed by atoms with van der Waals surface area (Å²) in [5.74, 6) is -0.694. The summed E-state index contributed by atoms with van der Waals surface area (Å²) in [6.45, 7) is 5.19. The second-order valence-electron chi connectivity index (χ2n) is 10.8. The minimum Gasteiger partial charge on any atom is -0.352 e. The quantitative estimate of drug-likeness (QED) is 0.289. The van der Waals surface area contributed by atoms with Gasteiger partial charge < -0.3 is 10.2 Å². The smallest absolute Gasteiger partial charge is 0.264 e. The van der Waals surface area contributed by atoms with E-state index in [9.17, 15) is 18.0 Å². The number of amides is 2. The Hall–Kier alpha value is -3.17. The van der Waals surface area contributed by atoms with Gasteiger partial charge in [-0.3, -0.25) is 13.9 Å². The fourth-order valence-corrected chi connectivity index (χ4v) is 7.25. The Morgan fingerprint density at radius 2 is 1.66 bits per heavy atom. The molecule has 3 aromatic carbocycles. The number of carbonyl (C=O) groups is 2. The maximum absolute atomic E-state index is 14.1. The van der Waals surface area contributed by atoms with Crippen molar-refractivity contribution in [2.75, 3.05) is 10.8 Å². The van der Waals surface area contributed by atoms with Gasteiger partial charge in [0.15, 0.2) is 0 Å². The number of sulfonamides is 1. The van der Waals surface area contributed by atoms with Crippen LogP contribution in [0.2, 0.25) is 0 Å². The number of carbonyl (C=O) groups excluding carboxylic acids is 2. The maximum Gasteiger partial charge on any atom is 0.264 e. The van der Waals surface area contributed by atoms with Gasteiger partial charge in [0.2, 0.25) is 11.8 Å². The Balaban J connectivity index is 1.69. The first kappa shape index (κ1) is 30.8. The number of aryl methyl sites for hydroxylation is 2. The van der Waals surface area contributed by atoms with Crippen LogP contribution in [0.15, 0.2) is 82.2 Å². The van der Waals surface area contributed by atoms with E-state index in [0.29, 0.717) is 5.69 Å². The average Bonchev–Trinajstić information content (AvgIpc) is 2.95. The van der Waals surface area contributed by atoms with Crippen LogP contribution >= 0.6 is 15.9 Å². The monoisotopic (exact) mass is 639 g/mol. The molecule has 0 saturated heterocycles. The van der Waals surface area contributed by atoms with Gasteiger partial charge in [0, 0.05) is 17.1 Å². The molecule has 41 heavy (non-hydrogen) atoms. The van der Waals surface area contributed by atoms with Gasteiger partial charge in [0.05, 0.1) is 10.6 Å². The zero-order valence-corrected chi connectivity index (χ0v) is 26.2. The minimum atomic E-state index is -4.09. The standard InChI is InChI=1S/C32H38BrN3O4S/c1-23-17-18-30(24(2)19-23)36(41(39,40)29-15-8-5-9-16-29)22-31(37)35(21-26-11-10-12-27(33)20-26)25(3)32(38)34-28-13-6-4-7-14-28/h5,8-12,15-20,25,28H,4,6-7,13-14,21-22H2,1-3H3,(H,34,38)/t25-/m1/s1. The molecule has 4 rings (SSSR count). The van der Waals surface area contributed by atoms with E-state index in [-0.39, 0.29) is 23.4 Å². The Morgan fingerprint density at radius 3 is 2.32 bits per heavy atom. The minimum absolute atomic E-state index is 0.0895. The lowest BCUT2D eigenvalue weighted by molar-refractivity contribution is -0.139. The maximum atomic E-state index is 14.1. The van der Waals surface area contributed by atoms with E-state index < -0.39 is 28.5 Å². The number of benzene rings is 3. The molecule has 0 spiro atoms. The highest BCUT2D eigenvalue weighted by Gasteiger charge is 2.33. The summed E-state index contributed by atoms with van der Waals surface area (Å²) in [6, 6.07) is 20.4. The fourth-order valence-electron chi connectivity index (χ4n) is 5.30. The van der Waals surface area contributed by atoms with Gasteiger partial charge in [-0.05, 0) is 75.1 Å². The highest BCUT2D eigenvalue weighted by Crippen LogP contribution is 2.28. The zero-order chi connectivity index (χ0) is 29.6. The van der Waals surface area contributed by atoms with Crippen LogP contribution in [0.4, 0.5) is 5.69 Å². The molecule has 1 N–H and O–H groups in total. The van der Waals surface area contributed by atoms with Crippen LogP contribution in [-0.4, -0.2) is 43.8 Å². The zero-order valence-electron chi connectivity index (χ0n) is 23.8. The van der Waals surface area contributed by atoms with Crippen LogP contribution in [0.5, 0.6) is 0 Å². The molecule has 0 bridgehead atoms. The molecule has 1 aliphatic carbocycles. The third-order valence-corrected chi connectivity index (χ3v) is 9.86. The summed E-state index contributed by atoms with van der Waals surface area (Å²) in [7, 11) is -4.09. The Kier molecular flexibility index (Phi) is 10.3. The van der Waals surface area contributed by atoms with Crippen molar-refractivity contribution in [2.24, 2.45) is 0 Å².